The van der Waals surface area contributed by atoms with Crippen LogP contribution in [0.4, 0.5) is 35.7 Å². The number of aromatic nitrogens is 6. The van der Waals surface area contributed by atoms with Gasteiger partial charge in [0.05, 0.1) is 0 Å². The van der Waals surface area contributed by atoms with E-state index in [9.17, 15) is 0 Å². The van der Waals surface area contributed by atoms with Crippen LogP contribution in [0.5, 0.6) is 0 Å². The van der Waals surface area contributed by atoms with Gasteiger partial charge >= 0.3 is 0 Å². The Labute approximate surface area is 152 Å². The minimum Gasteiger partial charge on any atom is -0.347 e. The first-order valence-corrected chi connectivity index (χ1v) is 7.80. The number of hydrogen-bond acceptors (Lipinski definition) is 12. The van der Waals surface area contributed by atoms with Crippen molar-refractivity contribution in [2.24, 2.45) is 10.2 Å². The minimum absolute atomic E-state index is 0.172. The molecule has 2 aromatic heterocycles. The van der Waals surface area contributed by atoms with Crippen molar-refractivity contribution in [1.82, 2.24) is 29.9 Å². The van der Waals surface area contributed by atoms with Crippen LogP contribution in [0.15, 0.2) is 10.2 Å². The molecule has 140 valence electrons. The van der Waals surface area contributed by atoms with Gasteiger partial charge in [0, 0.05) is 56.4 Å². The molecule has 2 aromatic rings. The van der Waals surface area contributed by atoms with Gasteiger partial charge in [-0.1, -0.05) is 0 Å². The highest BCUT2D eigenvalue weighted by Gasteiger charge is 2.11. The van der Waals surface area contributed by atoms with Crippen LogP contribution in [0.1, 0.15) is 0 Å². The Morgan fingerprint density at radius 2 is 0.654 bits per heavy atom. The largest absolute Gasteiger partial charge is 0.347 e. The van der Waals surface area contributed by atoms with Gasteiger partial charge in [0.1, 0.15) is 0 Å². The highest BCUT2D eigenvalue weighted by Crippen LogP contribution is 2.19. The smallest absolute Gasteiger partial charge is 0.275 e. The van der Waals surface area contributed by atoms with Gasteiger partial charge in [0.15, 0.2) is 0 Å². The molecule has 0 unspecified atom stereocenters. The van der Waals surface area contributed by atoms with Crippen LogP contribution in [-0.4, -0.2) is 86.3 Å². The molecule has 0 saturated heterocycles. The van der Waals surface area contributed by atoms with Gasteiger partial charge in [-0.15, -0.1) is 10.2 Å². The van der Waals surface area contributed by atoms with Crippen molar-refractivity contribution in [3.63, 3.8) is 0 Å². The number of nitrogens with zero attached hydrogens (tertiary/aromatic N) is 12. The van der Waals surface area contributed by atoms with E-state index in [1.54, 1.807) is 19.6 Å². The Kier molecular flexibility index (Phi) is 5.75. The molecule has 12 nitrogen and oxygen atoms in total. The van der Waals surface area contributed by atoms with Crippen LogP contribution in [0.25, 0.3) is 0 Å². The maximum absolute atomic E-state index is 4.34. The Hall–Kier alpha value is -3.18. The van der Waals surface area contributed by atoms with Gasteiger partial charge in [-0.25, -0.2) is 0 Å². The zero-order chi connectivity index (χ0) is 19.4. The lowest BCUT2D eigenvalue weighted by Gasteiger charge is -2.15. The van der Waals surface area contributed by atoms with E-state index in [2.05, 4.69) is 40.1 Å². The summed E-state index contributed by atoms with van der Waals surface area (Å²) in [4.78, 5) is 32.8. The number of rotatable bonds is 6. The van der Waals surface area contributed by atoms with E-state index < -0.39 is 0 Å². The second kappa shape index (κ2) is 7.80. The standard InChI is InChI=1S/C14H24N12/c1-23(2)11-15-9(16-12(19-11)24(3)4)21-22-10-17-13(25(5)6)20-14(18-10)26(7)8/h1-8H3/b22-21-. The summed E-state index contributed by atoms with van der Waals surface area (Å²) in [5, 5.41) is 8.17. The molecular weight excluding hydrogens is 336 g/mol. The van der Waals surface area contributed by atoms with Crippen molar-refractivity contribution >= 4 is 35.7 Å². The second-order valence-corrected chi connectivity index (χ2v) is 6.25. The molecule has 0 aromatic carbocycles. The van der Waals surface area contributed by atoms with Gasteiger partial charge < -0.3 is 19.6 Å². The molecule has 12 heteroatoms. The van der Waals surface area contributed by atoms with E-state index in [1.165, 1.54) is 0 Å². The molecule has 0 radical (unpaired) electrons. The summed E-state index contributed by atoms with van der Waals surface area (Å²) >= 11 is 0. The molecule has 26 heavy (non-hydrogen) atoms. The van der Waals surface area contributed by atoms with E-state index in [0.29, 0.717) is 23.8 Å². The summed E-state index contributed by atoms with van der Waals surface area (Å²) in [6.45, 7) is 0. The first-order chi connectivity index (χ1) is 12.2. The number of azo groups is 1. The fourth-order valence-corrected chi connectivity index (χ4v) is 1.67. The summed E-state index contributed by atoms with van der Waals surface area (Å²) in [5.74, 6) is 2.27. The summed E-state index contributed by atoms with van der Waals surface area (Å²) in [6.07, 6.45) is 0. The summed E-state index contributed by atoms with van der Waals surface area (Å²) in [5.41, 5.74) is 0. The van der Waals surface area contributed by atoms with E-state index in [4.69, 9.17) is 0 Å². The monoisotopic (exact) mass is 360 g/mol. The molecule has 0 aliphatic heterocycles. The molecule has 2 rings (SSSR count). The van der Waals surface area contributed by atoms with Crippen LogP contribution in [0, 0.1) is 0 Å². The van der Waals surface area contributed by atoms with Crippen molar-refractivity contribution < 1.29 is 0 Å². The van der Waals surface area contributed by atoms with E-state index in [0.717, 1.165) is 0 Å². The maximum atomic E-state index is 4.34. The predicted molar refractivity (Wildman–Crippen MR) is 101 cm³/mol. The van der Waals surface area contributed by atoms with Crippen molar-refractivity contribution in [3.05, 3.63) is 0 Å². The first kappa shape index (κ1) is 19.1. The Morgan fingerprint density at radius 1 is 0.423 bits per heavy atom. The third-order valence-corrected chi connectivity index (χ3v) is 3.03. The fraction of sp³-hybridized carbons (Fsp3) is 0.571. The Balaban J connectivity index is 2.43. The van der Waals surface area contributed by atoms with E-state index in [-0.39, 0.29) is 11.9 Å². The van der Waals surface area contributed by atoms with Gasteiger partial charge in [-0.05, 0) is 0 Å². The lowest BCUT2D eigenvalue weighted by Crippen LogP contribution is -2.18. The van der Waals surface area contributed by atoms with Crippen LogP contribution in [-0.2, 0) is 0 Å². The van der Waals surface area contributed by atoms with E-state index >= 15 is 0 Å². The normalized spacial score (nSPS) is 10.9. The van der Waals surface area contributed by atoms with Crippen molar-refractivity contribution in [2.75, 3.05) is 76.0 Å². The zero-order valence-electron chi connectivity index (χ0n) is 16.4. The minimum atomic E-state index is 0.172. The molecule has 0 aliphatic rings. The highest BCUT2D eigenvalue weighted by molar-refractivity contribution is 5.43. The molecule has 0 N–H and O–H groups in total. The lowest BCUT2D eigenvalue weighted by molar-refractivity contribution is 0.883. The van der Waals surface area contributed by atoms with Crippen LogP contribution < -0.4 is 19.6 Å². The third kappa shape index (κ3) is 4.68. The molecular formula is C14H24N12. The van der Waals surface area contributed by atoms with Crippen LogP contribution >= 0.6 is 0 Å². The quantitative estimate of drug-likeness (QED) is 0.683. The summed E-state index contributed by atoms with van der Waals surface area (Å²) < 4.78 is 0. The SMILES string of the molecule is CN(C)c1nc(/N=N\c2nc(N(C)C)nc(N(C)C)n2)nc(N(C)C)n1. The molecule has 0 amide bonds. The van der Waals surface area contributed by atoms with Crippen molar-refractivity contribution in [2.45, 2.75) is 0 Å². The van der Waals surface area contributed by atoms with Crippen molar-refractivity contribution in [1.29, 1.82) is 0 Å². The molecule has 0 spiro atoms. The zero-order valence-corrected chi connectivity index (χ0v) is 16.4. The van der Waals surface area contributed by atoms with Crippen LogP contribution in [0.3, 0.4) is 0 Å². The second-order valence-electron chi connectivity index (χ2n) is 6.25. The first-order valence-electron chi connectivity index (χ1n) is 7.80. The number of anilines is 4. The molecule has 0 bridgehead atoms. The van der Waals surface area contributed by atoms with Crippen LogP contribution in [0.2, 0.25) is 0 Å². The van der Waals surface area contributed by atoms with Gasteiger partial charge in [-0.2, -0.15) is 29.9 Å². The highest BCUT2D eigenvalue weighted by atomic mass is 15.4. The predicted octanol–water partition coefficient (Wildman–Crippen LogP) is 0.736. The number of hydrogen-bond donors (Lipinski definition) is 0. The summed E-state index contributed by atoms with van der Waals surface area (Å²) in [6, 6.07) is 0. The Morgan fingerprint density at radius 3 is 0.846 bits per heavy atom. The molecule has 0 atom stereocenters. The van der Waals surface area contributed by atoms with Gasteiger partial charge in [-0.3, -0.25) is 0 Å². The molecule has 0 saturated carbocycles. The molecule has 0 aliphatic carbocycles. The Bertz CT molecular complexity index is 665. The van der Waals surface area contributed by atoms with Gasteiger partial charge in [0.25, 0.3) is 11.9 Å². The average Bonchev–Trinajstić information content (AvgIpc) is 2.59. The maximum Gasteiger partial charge on any atom is 0.275 e. The van der Waals surface area contributed by atoms with E-state index in [1.807, 2.05) is 56.4 Å². The van der Waals surface area contributed by atoms with Gasteiger partial charge in [0.2, 0.25) is 23.8 Å². The van der Waals surface area contributed by atoms with Crippen molar-refractivity contribution in [3.8, 4) is 0 Å². The fourth-order valence-electron chi connectivity index (χ4n) is 1.67. The third-order valence-electron chi connectivity index (χ3n) is 3.03. The average molecular weight is 360 g/mol. The molecule has 2 heterocycles. The topological polar surface area (TPSA) is 115 Å². The molecule has 0 fully saturated rings. The summed E-state index contributed by atoms with van der Waals surface area (Å²) in [7, 11) is 14.7. The lowest BCUT2D eigenvalue weighted by atomic mass is 10.7.